The topological polar surface area (TPSA) is 80.6 Å². The van der Waals surface area contributed by atoms with Gasteiger partial charge in [-0.3, -0.25) is 4.79 Å². The van der Waals surface area contributed by atoms with E-state index in [9.17, 15) is 9.59 Å². The molecule has 2 rings (SSSR count). The second kappa shape index (κ2) is 5.76. The summed E-state index contributed by atoms with van der Waals surface area (Å²) in [7, 11) is 3.30. The van der Waals surface area contributed by atoms with Crippen molar-refractivity contribution in [2.45, 2.75) is 37.4 Å². The second-order valence-corrected chi connectivity index (χ2v) is 7.08. The lowest BCUT2D eigenvalue weighted by Gasteiger charge is -2.13. The number of amides is 1. The predicted octanol–water partition coefficient (Wildman–Crippen LogP) is 1.17. The SMILES string of the molecule is CN(C)C(=O)n1nc(C(C)(C)C)nc1SCC(=O)C1CO1. The number of hydrogen-bond acceptors (Lipinski definition) is 6. The monoisotopic (exact) mass is 312 g/mol. The fraction of sp³-hybridized carbons (Fsp3) is 0.692. The highest BCUT2D eigenvalue weighted by atomic mass is 32.2. The van der Waals surface area contributed by atoms with Crippen LogP contribution in [0.5, 0.6) is 0 Å². The van der Waals surface area contributed by atoms with E-state index in [1.54, 1.807) is 14.1 Å². The van der Waals surface area contributed by atoms with Gasteiger partial charge in [-0.25, -0.2) is 9.78 Å². The number of aromatic nitrogens is 3. The summed E-state index contributed by atoms with van der Waals surface area (Å²) in [6.07, 6.45) is -0.277. The van der Waals surface area contributed by atoms with Gasteiger partial charge in [0, 0.05) is 19.5 Å². The van der Waals surface area contributed by atoms with E-state index in [1.165, 1.54) is 21.3 Å². The first-order valence-corrected chi connectivity index (χ1v) is 7.65. The maximum atomic E-state index is 12.2. The highest BCUT2D eigenvalue weighted by Crippen LogP contribution is 2.24. The van der Waals surface area contributed by atoms with E-state index < -0.39 is 0 Å². The summed E-state index contributed by atoms with van der Waals surface area (Å²) >= 11 is 1.22. The first-order valence-electron chi connectivity index (χ1n) is 6.66. The van der Waals surface area contributed by atoms with Gasteiger partial charge in [-0.05, 0) is 0 Å². The standard InChI is InChI=1S/C13H20N4O3S/c1-13(2,3)10-14-11(17(15-10)12(19)16(4)5)21-7-8(18)9-6-20-9/h9H,6-7H2,1-5H3. The van der Waals surface area contributed by atoms with E-state index in [2.05, 4.69) is 10.1 Å². The van der Waals surface area contributed by atoms with Crippen molar-refractivity contribution in [3.63, 3.8) is 0 Å². The minimum Gasteiger partial charge on any atom is -0.365 e. The van der Waals surface area contributed by atoms with Crippen molar-refractivity contribution in [2.24, 2.45) is 0 Å². The van der Waals surface area contributed by atoms with Crippen LogP contribution in [0.4, 0.5) is 4.79 Å². The van der Waals surface area contributed by atoms with Crippen molar-refractivity contribution in [3.05, 3.63) is 5.82 Å². The summed E-state index contributed by atoms with van der Waals surface area (Å²) in [4.78, 5) is 29.7. The Morgan fingerprint density at radius 1 is 1.43 bits per heavy atom. The highest BCUT2D eigenvalue weighted by Gasteiger charge is 2.32. The minimum absolute atomic E-state index is 0.0177. The Hall–Kier alpha value is -1.41. The fourth-order valence-corrected chi connectivity index (χ4v) is 2.34. The Labute approximate surface area is 128 Å². The van der Waals surface area contributed by atoms with Crippen molar-refractivity contribution < 1.29 is 14.3 Å². The number of carbonyl (C=O) groups is 2. The number of rotatable bonds is 4. The highest BCUT2D eigenvalue weighted by molar-refractivity contribution is 7.99. The van der Waals surface area contributed by atoms with E-state index in [-0.39, 0.29) is 29.1 Å². The third-order valence-electron chi connectivity index (χ3n) is 2.85. The smallest absolute Gasteiger partial charge is 0.346 e. The Balaban J connectivity index is 2.21. The van der Waals surface area contributed by atoms with Crippen molar-refractivity contribution in [1.82, 2.24) is 19.7 Å². The van der Waals surface area contributed by atoms with Crippen LogP contribution in [0.2, 0.25) is 0 Å². The quantitative estimate of drug-likeness (QED) is 0.613. The zero-order valence-corrected chi connectivity index (χ0v) is 13.7. The summed E-state index contributed by atoms with van der Waals surface area (Å²) in [5.74, 6) is 0.827. The summed E-state index contributed by atoms with van der Waals surface area (Å²) in [5.41, 5.74) is -0.267. The summed E-state index contributed by atoms with van der Waals surface area (Å²) < 4.78 is 6.21. The van der Waals surface area contributed by atoms with E-state index in [1.807, 2.05) is 20.8 Å². The van der Waals surface area contributed by atoms with Gasteiger partial charge >= 0.3 is 6.03 Å². The third kappa shape index (κ3) is 3.82. The van der Waals surface area contributed by atoms with Gasteiger partial charge in [-0.15, -0.1) is 5.10 Å². The van der Waals surface area contributed by atoms with Gasteiger partial charge in [0.2, 0.25) is 0 Å². The molecule has 1 fully saturated rings. The third-order valence-corrected chi connectivity index (χ3v) is 3.80. The van der Waals surface area contributed by atoms with Crippen LogP contribution < -0.4 is 0 Å². The molecule has 0 radical (unpaired) electrons. The lowest BCUT2D eigenvalue weighted by atomic mass is 9.96. The molecule has 1 saturated heterocycles. The molecule has 0 aromatic carbocycles. The van der Waals surface area contributed by atoms with E-state index in [0.717, 1.165) is 0 Å². The number of ketones is 1. The van der Waals surface area contributed by atoms with Crippen LogP contribution >= 0.6 is 11.8 Å². The molecule has 1 aromatic rings. The Morgan fingerprint density at radius 3 is 2.52 bits per heavy atom. The van der Waals surface area contributed by atoms with Crippen LogP contribution in [0.25, 0.3) is 0 Å². The molecule has 1 aliphatic heterocycles. The second-order valence-electron chi connectivity index (χ2n) is 6.13. The minimum atomic E-state index is -0.282. The van der Waals surface area contributed by atoms with Crippen molar-refractivity contribution >= 4 is 23.6 Å². The molecule has 0 aliphatic carbocycles. The molecule has 0 bridgehead atoms. The Bertz CT molecular complexity index is 558. The number of thioether (sulfide) groups is 1. The van der Waals surface area contributed by atoms with Gasteiger partial charge in [0.15, 0.2) is 16.8 Å². The molecule has 21 heavy (non-hydrogen) atoms. The lowest BCUT2D eigenvalue weighted by Crippen LogP contribution is -2.29. The average molecular weight is 312 g/mol. The van der Waals surface area contributed by atoms with E-state index >= 15 is 0 Å². The van der Waals surface area contributed by atoms with Gasteiger partial charge in [-0.2, -0.15) is 4.68 Å². The molecule has 0 saturated carbocycles. The molecule has 0 N–H and O–H groups in total. The molecule has 0 spiro atoms. The molecular weight excluding hydrogens is 292 g/mol. The van der Waals surface area contributed by atoms with E-state index in [4.69, 9.17) is 4.74 Å². The van der Waals surface area contributed by atoms with Gasteiger partial charge in [-0.1, -0.05) is 32.5 Å². The zero-order chi connectivity index (χ0) is 15.8. The summed E-state index contributed by atoms with van der Waals surface area (Å²) in [6.45, 7) is 6.43. The molecule has 8 heteroatoms. The molecule has 1 unspecified atom stereocenters. The normalized spacial score (nSPS) is 17.7. The van der Waals surface area contributed by atoms with Crippen LogP contribution in [-0.2, 0) is 14.9 Å². The number of nitrogens with zero attached hydrogens (tertiary/aromatic N) is 4. The number of carbonyl (C=O) groups excluding carboxylic acids is 2. The van der Waals surface area contributed by atoms with Crippen molar-refractivity contribution in [1.29, 1.82) is 0 Å². The molecule has 2 heterocycles. The van der Waals surface area contributed by atoms with Crippen LogP contribution in [0, 0.1) is 0 Å². The average Bonchev–Trinajstić information content (AvgIpc) is 3.13. The lowest BCUT2D eigenvalue weighted by molar-refractivity contribution is -0.117. The van der Waals surface area contributed by atoms with Gasteiger partial charge in [0.25, 0.3) is 0 Å². The van der Waals surface area contributed by atoms with Crippen molar-refractivity contribution in [2.75, 3.05) is 26.5 Å². The van der Waals surface area contributed by atoms with Gasteiger partial charge in [0.05, 0.1) is 12.4 Å². The van der Waals surface area contributed by atoms with Crippen LogP contribution in [0.1, 0.15) is 26.6 Å². The maximum absolute atomic E-state index is 12.2. The van der Waals surface area contributed by atoms with Crippen LogP contribution in [0.15, 0.2) is 5.16 Å². The van der Waals surface area contributed by atoms with Crippen molar-refractivity contribution in [3.8, 4) is 0 Å². The first-order chi connectivity index (χ1) is 9.70. The summed E-state index contributed by atoms with van der Waals surface area (Å²) in [5, 5.41) is 4.73. The molecule has 1 amide bonds. The Morgan fingerprint density at radius 2 is 2.05 bits per heavy atom. The zero-order valence-electron chi connectivity index (χ0n) is 12.9. The van der Waals surface area contributed by atoms with E-state index in [0.29, 0.717) is 17.6 Å². The predicted molar refractivity (Wildman–Crippen MR) is 78.7 cm³/mol. The molecule has 1 aliphatic rings. The fourth-order valence-electron chi connectivity index (χ4n) is 1.49. The Kier molecular flexibility index (Phi) is 4.38. The van der Waals surface area contributed by atoms with Gasteiger partial charge < -0.3 is 9.64 Å². The summed E-state index contributed by atoms with van der Waals surface area (Å²) in [6, 6.07) is -0.282. The first kappa shape index (κ1) is 16.0. The van der Waals surface area contributed by atoms with Crippen LogP contribution in [0.3, 0.4) is 0 Å². The largest absolute Gasteiger partial charge is 0.365 e. The molecular formula is C13H20N4O3S. The number of epoxide rings is 1. The number of ether oxygens (including phenoxy) is 1. The molecule has 1 aromatic heterocycles. The number of Topliss-reactive ketones (excluding diaryl/α,β-unsaturated/α-hetero) is 1. The maximum Gasteiger partial charge on any atom is 0.346 e. The number of hydrogen-bond donors (Lipinski definition) is 0. The van der Waals surface area contributed by atoms with Crippen LogP contribution in [-0.4, -0.2) is 64.0 Å². The molecule has 1 atom stereocenters. The van der Waals surface area contributed by atoms with Gasteiger partial charge in [0.1, 0.15) is 6.10 Å². The molecule has 7 nitrogen and oxygen atoms in total. The molecule has 116 valence electrons.